The number of carbonyl (C=O) groups excluding carboxylic acids is 1. The fourth-order valence-corrected chi connectivity index (χ4v) is 4.25. The zero-order chi connectivity index (χ0) is 24.3. The van der Waals surface area contributed by atoms with E-state index in [1.54, 1.807) is 6.33 Å². The van der Waals surface area contributed by atoms with Crippen LogP contribution < -0.4 is 15.4 Å². The molecule has 0 saturated heterocycles. The Morgan fingerprint density at radius 2 is 1.83 bits per heavy atom. The van der Waals surface area contributed by atoms with Crippen LogP contribution in [0.15, 0.2) is 60.9 Å². The quantitative estimate of drug-likeness (QED) is 0.493. The van der Waals surface area contributed by atoms with Crippen LogP contribution in [-0.2, 0) is 17.8 Å². The lowest BCUT2D eigenvalue weighted by atomic mass is 10.1. The maximum atomic E-state index is 12.2. The topological polar surface area (TPSA) is 79.4 Å². The molecule has 0 atom stereocenters. The molecule has 4 rings (SSSR count). The van der Waals surface area contributed by atoms with Gasteiger partial charge in [0.2, 0.25) is 5.91 Å². The largest absolute Gasteiger partial charge is 0.491 e. The highest BCUT2D eigenvalue weighted by Crippen LogP contribution is 2.27. The molecular formula is C28H35N5O2. The Kier molecular flexibility index (Phi) is 9.06. The number of para-hydroxylation sites is 2. The maximum Gasteiger partial charge on any atom is 0.220 e. The molecule has 184 valence electrons. The first kappa shape index (κ1) is 24.7. The van der Waals surface area contributed by atoms with Gasteiger partial charge < -0.3 is 20.3 Å². The molecule has 1 aliphatic rings. The lowest BCUT2D eigenvalue weighted by molar-refractivity contribution is -0.121. The highest BCUT2D eigenvalue weighted by molar-refractivity contribution is 5.75. The predicted octanol–water partition coefficient (Wildman–Crippen LogP) is 4.70. The van der Waals surface area contributed by atoms with Gasteiger partial charge in [-0.3, -0.25) is 4.79 Å². The van der Waals surface area contributed by atoms with Gasteiger partial charge in [-0.2, -0.15) is 0 Å². The molecule has 1 aromatic heterocycles. The van der Waals surface area contributed by atoms with Crippen molar-refractivity contribution in [1.29, 1.82) is 0 Å². The van der Waals surface area contributed by atoms with E-state index < -0.39 is 0 Å². The SMILES string of the molecule is CN1CCCC(=O)NCCCCCOc2ccccc2Nc2cc(ncn2)Cc2cccc(c2)C1. The number of rotatable bonds is 0. The Balaban J connectivity index is 1.50. The number of anilines is 2. The number of benzene rings is 2. The normalized spacial score (nSPS) is 16.8. The number of hydrogen-bond acceptors (Lipinski definition) is 6. The van der Waals surface area contributed by atoms with E-state index in [-0.39, 0.29) is 5.91 Å². The Bertz CT molecular complexity index is 1100. The third-order valence-electron chi connectivity index (χ3n) is 6.05. The van der Waals surface area contributed by atoms with E-state index in [2.05, 4.69) is 56.8 Å². The number of hydrogen-bond donors (Lipinski definition) is 2. The number of carbonyl (C=O) groups is 1. The van der Waals surface area contributed by atoms with E-state index >= 15 is 0 Å². The van der Waals surface area contributed by atoms with Gasteiger partial charge in [0.05, 0.1) is 18.0 Å². The fraction of sp³-hybridized carbons (Fsp3) is 0.393. The van der Waals surface area contributed by atoms with E-state index in [9.17, 15) is 4.79 Å². The molecular weight excluding hydrogens is 438 g/mol. The number of fused-ring (bicyclic) bond motifs is 5. The molecule has 0 radical (unpaired) electrons. The molecule has 35 heavy (non-hydrogen) atoms. The summed E-state index contributed by atoms with van der Waals surface area (Å²) in [5, 5.41) is 6.44. The average molecular weight is 474 g/mol. The molecule has 3 aromatic rings. The van der Waals surface area contributed by atoms with Gasteiger partial charge in [0.1, 0.15) is 17.9 Å². The summed E-state index contributed by atoms with van der Waals surface area (Å²) in [7, 11) is 2.11. The first-order valence-electron chi connectivity index (χ1n) is 12.5. The minimum atomic E-state index is 0.137. The first-order chi connectivity index (χ1) is 17.2. The Labute approximate surface area is 207 Å². The molecule has 4 bridgehead atoms. The number of nitrogens with one attached hydrogen (secondary N) is 2. The molecule has 2 aromatic carbocycles. The molecule has 0 unspecified atom stereocenters. The van der Waals surface area contributed by atoms with Gasteiger partial charge in [-0.1, -0.05) is 36.4 Å². The second-order valence-corrected chi connectivity index (χ2v) is 9.11. The zero-order valence-electron chi connectivity index (χ0n) is 20.5. The van der Waals surface area contributed by atoms with Crippen LogP contribution in [0.3, 0.4) is 0 Å². The standard InChI is InChI=1S/C28H35N5O2/c1-33-15-8-13-28(34)29-14-5-2-6-16-35-26-12-4-3-11-25(26)32-27-19-24(30-21-31-27)18-22-9-7-10-23(17-22)20-33/h3-4,7,9-12,17,19,21H,2,5-6,8,13-16,18,20H2,1H3,(H,29,34)(H,30,31,32). The predicted molar refractivity (Wildman–Crippen MR) is 139 cm³/mol. The summed E-state index contributed by atoms with van der Waals surface area (Å²) in [6.45, 7) is 3.08. The van der Waals surface area contributed by atoms with Gasteiger partial charge in [0.25, 0.3) is 0 Å². The van der Waals surface area contributed by atoms with Gasteiger partial charge in [0.15, 0.2) is 0 Å². The molecule has 2 heterocycles. The Morgan fingerprint density at radius 1 is 0.943 bits per heavy atom. The van der Waals surface area contributed by atoms with Crippen LogP contribution in [0.4, 0.5) is 11.5 Å². The van der Waals surface area contributed by atoms with Crippen molar-refractivity contribution in [2.24, 2.45) is 0 Å². The lowest BCUT2D eigenvalue weighted by Gasteiger charge is -2.17. The maximum absolute atomic E-state index is 12.2. The molecule has 0 spiro atoms. The van der Waals surface area contributed by atoms with Gasteiger partial charge in [-0.05, 0) is 62.5 Å². The monoisotopic (exact) mass is 473 g/mol. The van der Waals surface area contributed by atoms with Crippen molar-refractivity contribution in [3.05, 3.63) is 77.7 Å². The summed E-state index contributed by atoms with van der Waals surface area (Å²) in [5.41, 5.74) is 4.30. The molecule has 7 heteroatoms. The third-order valence-corrected chi connectivity index (χ3v) is 6.05. The van der Waals surface area contributed by atoms with Crippen molar-refractivity contribution < 1.29 is 9.53 Å². The smallest absolute Gasteiger partial charge is 0.220 e. The molecule has 0 fully saturated rings. The minimum Gasteiger partial charge on any atom is -0.491 e. The number of ether oxygens (including phenoxy) is 1. The summed E-state index contributed by atoms with van der Waals surface area (Å²) in [6, 6.07) is 18.5. The zero-order valence-corrected chi connectivity index (χ0v) is 20.5. The van der Waals surface area contributed by atoms with Crippen LogP contribution in [-0.4, -0.2) is 47.5 Å². The van der Waals surface area contributed by atoms with E-state index in [1.807, 2.05) is 30.3 Å². The Morgan fingerprint density at radius 3 is 2.77 bits per heavy atom. The van der Waals surface area contributed by atoms with Crippen molar-refractivity contribution in [2.45, 2.75) is 45.1 Å². The second-order valence-electron chi connectivity index (χ2n) is 9.11. The van der Waals surface area contributed by atoms with E-state index in [1.165, 1.54) is 11.1 Å². The van der Waals surface area contributed by atoms with Gasteiger partial charge >= 0.3 is 0 Å². The molecule has 7 nitrogen and oxygen atoms in total. The average Bonchev–Trinajstić information content (AvgIpc) is 2.84. The summed E-state index contributed by atoms with van der Waals surface area (Å²) in [6.07, 6.45) is 6.65. The second kappa shape index (κ2) is 12.9. The first-order valence-corrected chi connectivity index (χ1v) is 12.5. The minimum absolute atomic E-state index is 0.137. The van der Waals surface area contributed by atoms with Crippen LogP contribution in [0.1, 0.15) is 48.9 Å². The van der Waals surface area contributed by atoms with Crippen molar-refractivity contribution >= 4 is 17.4 Å². The highest BCUT2D eigenvalue weighted by atomic mass is 16.5. The van der Waals surface area contributed by atoms with Gasteiger partial charge in [-0.25, -0.2) is 9.97 Å². The van der Waals surface area contributed by atoms with Crippen molar-refractivity contribution in [3.8, 4) is 5.75 Å². The third kappa shape index (κ3) is 8.07. The molecule has 1 amide bonds. The van der Waals surface area contributed by atoms with Crippen LogP contribution in [0.25, 0.3) is 0 Å². The van der Waals surface area contributed by atoms with E-state index in [4.69, 9.17) is 4.74 Å². The number of aromatic nitrogens is 2. The van der Waals surface area contributed by atoms with Crippen molar-refractivity contribution in [3.63, 3.8) is 0 Å². The van der Waals surface area contributed by atoms with E-state index in [0.29, 0.717) is 13.0 Å². The number of nitrogens with zero attached hydrogens (tertiary/aromatic N) is 3. The molecule has 2 N–H and O–H groups in total. The molecule has 1 aliphatic heterocycles. The van der Waals surface area contributed by atoms with Crippen molar-refractivity contribution in [2.75, 3.05) is 32.1 Å². The molecule has 0 aliphatic carbocycles. The molecule has 0 saturated carbocycles. The van der Waals surface area contributed by atoms with Gasteiger partial charge in [-0.15, -0.1) is 0 Å². The van der Waals surface area contributed by atoms with E-state index in [0.717, 1.165) is 74.7 Å². The van der Waals surface area contributed by atoms with Crippen LogP contribution in [0.5, 0.6) is 5.75 Å². The van der Waals surface area contributed by atoms with Crippen molar-refractivity contribution in [1.82, 2.24) is 20.2 Å². The lowest BCUT2D eigenvalue weighted by Crippen LogP contribution is -2.26. The summed E-state index contributed by atoms with van der Waals surface area (Å²) >= 11 is 0. The van der Waals surface area contributed by atoms with Gasteiger partial charge in [0, 0.05) is 32.0 Å². The summed E-state index contributed by atoms with van der Waals surface area (Å²) in [5.74, 6) is 1.69. The fourth-order valence-electron chi connectivity index (χ4n) is 4.25. The summed E-state index contributed by atoms with van der Waals surface area (Å²) in [4.78, 5) is 23.3. The van der Waals surface area contributed by atoms with Crippen LogP contribution >= 0.6 is 0 Å². The van der Waals surface area contributed by atoms with Crippen LogP contribution in [0, 0.1) is 0 Å². The summed E-state index contributed by atoms with van der Waals surface area (Å²) < 4.78 is 6.05. The number of amides is 1. The van der Waals surface area contributed by atoms with Crippen LogP contribution in [0.2, 0.25) is 0 Å². The Hall–Kier alpha value is -3.45. The highest BCUT2D eigenvalue weighted by Gasteiger charge is 2.08.